The molecule has 0 unspecified atom stereocenters. The van der Waals surface area contributed by atoms with Gasteiger partial charge in [0.15, 0.2) is 0 Å². The topological polar surface area (TPSA) is 66.8 Å². The summed E-state index contributed by atoms with van der Waals surface area (Å²) in [5.41, 5.74) is 1.45. The van der Waals surface area contributed by atoms with Crippen molar-refractivity contribution in [2.24, 2.45) is 0 Å². The van der Waals surface area contributed by atoms with Gasteiger partial charge in [-0.3, -0.25) is 9.59 Å². The van der Waals surface area contributed by atoms with Crippen LogP contribution in [0.4, 0.5) is 0 Å². The predicted octanol–water partition coefficient (Wildman–Crippen LogP) is 3.92. The number of amides is 1. The van der Waals surface area contributed by atoms with Gasteiger partial charge in [0.2, 0.25) is 0 Å². The number of carbonyl (C=O) groups is 2. The fourth-order valence-electron chi connectivity index (χ4n) is 3.40. The summed E-state index contributed by atoms with van der Waals surface area (Å²) >= 11 is 0. The molecule has 0 bridgehead atoms. The molecule has 5 heteroatoms. The number of Topliss-reactive ketones (excluding diaryl/α,β-unsaturated/α-hetero) is 1. The molecule has 28 heavy (non-hydrogen) atoms. The Morgan fingerprint density at radius 3 is 2.25 bits per heavy atom. The maximum absolute atomic E-state index is 12.8. The molecule has 1 saturated heterocycles. The zero-order valence-corrected chi connectivity index (χ0v) is 16.2. The summed E-state index contributed by atoms with van der Waals surface area (Å²) in [6, 6.07) is 17.6. The molecule has 3 rings (SSSR count). The van der Waals surface area contributed by atoms with E-state index >= 15 is 0 Å². The predicted molar refractivity (Wildman–Crippen MR) is 108 cm³/mol. The fourth-order valence-corrected chi connectivity index (χ4v) is 3.40. The number of rotatable bonds is 7. The minimum Gasteiger partial charge on any atom is -0.507 e. The van der Waals surface area contributed by atoms with Gasteiger partial charge in [-0.1, -0.05) is 60.7 Å². The molecule has 0 saturated carbocycles. The van der Waals surface area contributed by atoms with Crippen LogP contribution in [0.1, 0.15) is 37.4 Å². The van der Waals surface area contributed by atoms with E-state index in [2.05, 4.69) is 0 Å². The molecule has 0 aliphatic carbocycles. The number of aliphatic hydroxyl groups is 1. The van der Waals surface area contributed by atoms with Crippen molar-refractivity contribution in [3.8, 4) is 0 Å². The average Bonchev–Trinajstić information content (AvgIpc) is 2.96. The second-order valence-corrected chi connectivity index (χ2v) is 7.04. The highest BCUT2D eigenvalue weighted by Gasteiger charge is 2.45. The van der Waals surface area contributed by atoms with E-state index < -0.39 is 17.7 Å². The van der Waals surface area contributed by atoms with Crippen molar-refractivity contribution in [1.29, 1.82) is 0 Å². The summed E-state index contributed by atoms with van der Waals surface area (Å²) in [6.45, 7) is 4.79. The van der Waals surface area contributed by atoms with Crippen LogP contribution in [0.15, 0.2) is 66.2 Å². The zero-order chi connectivity index (χ0) is 20.1. The third-order valence-corrected chi connectivity index (χ3v) is 4.70. The molecule has 1 fully saturated rings. The SMILES string of the molecule is CC(C)OCCCN1C(=O)C(=O)C(=C(O)c2ccccc2)[C@@H]1c1ccccc1. The van der Waals surface area contributed by atoms with Crippen LogP contribution in [0.3, 0.4) is 0 Å². The summed E-state index contributed by atoms with van der Waals surface area (Å²) < 4.78 is 5.56. The van der Waals surface area contributed by atoms with Crippen molar-refractivity contribution in [2.45, 2.75) is 32.4 Å². The Morgan fingerprint density at radius 2 is 1.64 bits per heavy atom. The van der Waals surface area contributed by atoms with Gasteiger partial charge in [0.05, 0.1) is 17.7 Å². The van der Waals surface area contributed by atoms with Crippen molar-refractivity contribution in [3.63, 3.8) is 0 Å². The molecule has 1 N–H and O–H groups in total. The van der Waals surface area contributed by atoms with Gasteiger partial charge in [-0.25, -0.2) is 0 Å². The van der Waals surface area contributed by atoms with Crippen LogP contribution < -0.4 is 0 Å². The number of likely N-dealkylation sites (tertiary alicyclic amines) is 1. The number of ketones is 1. The van der Waals surface area contributed by atoms with E-state index in [0.29, 0.717) is 25.1 Å². The Hall–Kier alpha value is -2.92. The van der Waals surface area contributed by atoms with Gasteiger partial charge in [0.1, 0.15) is 5.76 Å². The molecule has 146 valence electrons. The smallest absolute Gasteiger partial charge is 0.295 e. The van der Waals surface area contributed by atoms with Gasteiger partial charge in [0, 0.05) is 18.7 Å². The lowest BCUT2D eigenvalue weighted by atomic mass is 9.95. The minimum atomic E-state index is -0.653. The van der Waals surface area contributed by atoms with E-state index in [-0.39, 0.29) is 17.4 Å². The highest BCUT2D eigenvalue weighted by Crippen LogP contribution is 2.39. The van der Waals surface area contributed by atoms with E-state index in [1.165, 1.54) is 4.90 Å². The van der Waals surface area contributed by atoms with Crippen LogP contribution >= 0.6 is 0 Å². The Bertz CT molecular complexity index is 859. The summed E-state index contributed by atoms with van der Waals surface area (Å²) in [6.07, 6.45) is 0.721. The third kappa shape index (κ3) is 4.15. The Labute approximate surface area is 165 Å². The van der Waals surface area contributed by atoms with Crippen LogP contribution in [0.25, 0.3) is 5.76 Å². The average molecular weight is 379 g/mol. The van der Waals surface area contributed by atoms with E-state index in [9.17, 15) is 14.7 Å². The van der Waals surface area contributed by atoms with Crippen molar-refractivity contribution < 1.29 is 19.4 Å². The third-order valence-electron chi connectivity index (χ3n) is 4.70. The molecule has 5 nitrogen and oxygen atoms in total. The first-order chi connectivity index (χ1) is 13.5. The largest absolute Gasteiger partial charge is 0.507 e. The molecule has 1 atom stereocenters. The maximum Gasteiger partial charge on any atom is 0.295 e. The van der Waals surface area contributed by atoms with Gasteiger partial charge in [-0.15, -0.1) is 0 Å². The number of nitrogens with zero attached hydrogens (tertiary/aromatic N) is 1. The van der Waals surface area contributed by atoms with Gasteiger partial charge < -0.3 is 14.7 Å². The molecule has 1 amide bonds. The molecule has 1 aliphatic rings. The molecule has 1 heterocycles. The van der Waals surface area contributed by atoms with Crippen LogP contribution in [0.5, 0.6) is 0 Å². The standard InChI is InChI=1S/C23H25NO4/c1-16(2)28-15-9-14-24-20(17-10-5-3-6-11-17)19(22(26)23(24)27)21(25)18-12-7-4-8-13-18/h3-8,10-13,16,20,25H,9,14-15H2,1-2H3/t20-/m0/s1. The summed E-state index contributed by atoms with van der Waals surface area (Å²) in [5.74, 6) is -1.38. The normalized spacial score (nSPS) is 18.8. The van der Waals surface area contributed by atoms with Gasteiger partial charge in [-0.05, 0) is 25.8 Å². The monoisotopic (exact) mass is 379 g/mol. The number of hydrogen-bond donors (Lipinski definition) is 1. The van der Waals surface area contributed by atoms with Gasteiger partial charge in [-0.2, -0.15) is 0 Å². The van der Waals surface area contributed by atoms with Crippen LogP contribution in [0, 0.1) is 0 Å². The van der Waals surface area contributed by atoms with E-state index in [1.807, 2.05) is 50.2 Å². The number of aliphatic hydroxyl groups excluding tert-OH is 1. The van der Waals surface area contributed by atoms with Crippen molar-refractivity contribution in [2.75, 3.05) is 13.2 Å². The second kappa shape index (κ2) is 8.85. The lowest BCUT2D eigenvalue weighted by Gasteiger charge is -2.25. The molecule has 2 aromatic carbocycles. The van der Waals surface area contributed by atoms with Gasteiger partial charge >= 0.3 is 0 Å². The van der Waals surface area contributed by atoms with Gasteiger partial charge in [0.25, 0.3) is 11.7 Å². The highest BCUT2D eigenvalue weighted by molar-refractivity contribution is 6.46. The Balaban J connectivity index is 1.99. The second-order valence-electron chi connectivity index (χ2n) is 7.04. The van der Waals surface area contributed by atoms with Crippen molar-refractivity contribution in [3.05, 3.63) is 77.4 Å². The summed E-state index contributed by atoms with van der Waals surface area (Å²) in [5, 5.41) is 10.9. The Kier molecular flexibility index (Phi) is 6.26. The van der Waals surface area contributed by atoms with Crippen LogP contribution in [0.2, 0.25) is 0 Å². The first kappa shape index (κ1) is 19.8. The molecule has 1 aliphatic heterocycles. The number of hydrogen-bond acceptors (Lipinski definition) is 4. The van der Waals surface area contributed by atoms with E-state index in [0.717, 1.165) is 5.56 Å². The Morgan fingerprint density at radius 1 is 1.04 bits per heavy atom. The summed E-state index contributed by atoms with van der Waals surface area (Å²) in [7, 11) is 0. The molecule has 0 radical (unpaired) electrons. The number of ether oxygens (including phenoxy) is 1. The number of benzene rings is 2. The van der Waals surface area contributed by atoms with E-state index in [1.54, 1.807) is 24.3 Å². The molecule has 2 aromatic rings. The quantitative estimate of drug-likeness (QED) is 0.343. The van der Waals surface area contributed by atoms with Crippen molar-refractivity contribution >= 4 is 17.4 Å². The van der Waals surface area contributed by atoms with Crippen LogP contribution in [-0.4, -0.2) is 41.0 Å². The molecule has 0 aromatic heterocycles. The highest BCUT2D eigenvalue weighted by atomic mass is 16.5. The van der Waals surface area contributed by atoms with Crippen LogP contribution in [-0.2, 0) is 14.3 Å². The molecular weight excluding hydrogens is 354 g/mol. The lowest BCUT2D eigenvalue weighted by molar-refractivity contribution is -0.140. The molecule has 0 spiro atoms. The first-order valence-corrected chi connectivity index (χ1v) is 9.51. The number of carbonyl (C=O) groups excluding carboxylic acids is 2. The maximum atomic E-state index is 12.8. The lowest BCUT2D eigenvalue weighted by Crippen LogP contribution is -2.31. The summed E-state index contributed by atoms with van der Waals surface area (Å²) in [4.78, 5) is 27.1. The minimum absolute atomic E-state index is 0.110. The van der Waals surface area contributed by atoms with Crippen molar-refractivity contribution in [1.82, 2.24) is 4.90 Å². The van der Waals surface area contributed by atoms with E-state index in [4.69, 9.17) is 4.74 Å². The first-order valence-electron chi connectivity index (χ1n) is 9.51. The zero-order valence-electron chi connectivity index (χ0n) is 16.2. The fraction of sp³-hybridized carbons (Fsp3) is 0.304. The molecular formula is C23H25NO4.